The van der Waals surface area contributed by atoms with Crippen molar-refractivity contribution in [2.24, 2.45) is 0 Å². The van der Waals surface area contributed by atoms with Crippen LogP contribution in [0.3, 0.4) is 0 Å². The smallest absolute Gasteiger partial charge is 0.332 e. The Balaban J connectivity index is 0.000000229. The number of thiophene rings is 1. The Labute approximate surface area is 427 Å². The van der Waals surface area contributed by atoms with Crippen LogP contribution in [0.25, 0.3) is 92.1 Å². The molecule has 0 amide bonds. The van der Waals surface area contributed by atoms with E-state index in [-0.39, 0.29) is 20.1 Å². The van der Waals surface area contributed by atoms with Crippen LogP contribution in [0.4, 0.5) is 0 Å². The third-order valence-electron chi connectivity index (χ3n) is 13.0. The monoisotopic (exact) mass is 1150 g/mol. The van der Waals surface area contributed by atoms with Gasteiger partial charge in [0.2, 0.25) is 0 Å². The van der Waals surface area contributed by atoms with E-state index in [0.29, 0.717) is 0 Å². The Kier molecular flexibility index (Phi) is 12.8. The molecule has 2 heterocycles. The number of imidazole rings is 1. The Morgan fingerprint density at radius 2 is 1.30 bits per heavy atom. The molecule has 336 valence electrons. The number of rotatable bonds is 8. The summed E-state index contributed by atoms with van der Waals surface area (Å²) in [6.45, 7) is 3.94. The van der Waals surface area contributed by atoms with Crippen molar-refractivity contribution in [1.29, 1.82) is 0 Å². The maximum absolute atomic E-state index is 8.46. The molecular weight excluding hydrogens is 1090 g/mol. The molecule has 0 radical (unpaired) electrons. The molecule has 0 bridgehead atoms. The van der Waals surface area contributed by atoms with Gasteiger partial charge in [-0.25, -0.2) is 0 Å². The molecular formula is C64H51GeIrN2S. The summed E-state index contributed by atoms with van der Waals surface area (Å²) in [7, 11) is 0. The molecule has 12 rings (SSSR count). The summed E-state index contributed by atoms with van der Waals surface area (Å²) in [5.41, 5.74) is 12.5. The average molecular weight is 1150 g/mol. The quantitative estimate of drug-likeness (QED) is 0.110. The normalized spacial score (nSPS) is 12.0. The fourth-order valence-corrected chi connectivity index (χ4v) is 14.4. The molecule has 69 heavy (non-hydrogen) atoms. The van der Waals surface area contributed by atoms with Crippen LogP contribution in [0.1, 0.15) is 37.8 Å². The Morgan fingerprint density at radius 3 is 2.04 bits per heavy atom. The minimum atomic E-state index is -1.99. The summed E-state index contributed by atoms with van der Waals surface area (Å²) < 4.78 is 14.7. The molecule has 12 aromatic rings. The van der Waals surface area contributed by atoms with E-state index in [4.69, 9.17) is 6.35 Å². The van der Waals surface area contributed by atoms with E-state index in [1.54, 1.807) is 0 Å². The van der Waals surface area contributed by atoms with Gasteiger partial charge in [-0.15, -0.1) is 18.2 Å². The van der Waals surface area contributed by atoms with Gasteiger partial charge in [0.1, 0.15) is 0 Å². The van der Waals surface area contributed by atoms with Crippen LogP contribution < -0.4 is 4.40 Å². The molecule has 0 aliphatic carbocycles. The van der Waals surface area contributed by atoms with Gasteiger partial charge in [0.15, 0.2) is 0 Å². The van der Waals surface area contributed by atoms with Crippen molar-refractivity contribution in [3.8, 4) is 39.3 Å². The SMILES string of the molecule is [2H]C(C)(C)c1cc(-c2[c-]cccc2)[c-]c[c]1[Ge]([CH3])([CH3])[CH3].[Ir+3].[c-]1ccc2c(sc3cc(Cc4ccccc4)ccc32)c1-c1nc2c3ccccc3ccc2n1-c1c(-c2ccccc2)ccc2ccccc12. The van der Waals surface area contributed by atoms with Crippen LogP contribution in [0, 0.1) is 18.2 Å². The van der Waals surface area contributed by atoms with Gasteiger partial charge in [-0.05, 0) is 56.1 Å². The van der Waals surface area contributed by atoms with Crippen molar-refractivity contribution >= 4 is 81.7 Å². The van der Waals surface area contributed by atoms with Crippen LogP contribution in [0.5, 0.6) is 0 Å². The van der Waals surface area contributed by atoms with Crippen LogP contribution in [0.2, 0.25) is 17.3 Å². The van der Waals surface area contributed by atoms with Crippen molar-refractivity contribution < 1.29 is 21.5 Å². The molecule has 0 spiro atoms. The van der Waals surface area contributed by atoms with E-state index in [0.717, 1.165) is 56.6 Å². The molecule has 0 aliphatic rings. The number of benzene rings is 10. The zero-order chi connectivity index (χ0) is 47.3. The molecule has 0 aliphatic heterocycles. The van der Waals surface area contributed by atoms with E-state index in [9.17, 15) is 0 Å². The Morgan fingerprint density at radius 1 is 0.609 bits per heavy atom. The number of fused-ring (bicyclic) bond motifs is 7. The average Bonchev–Trinajstić information content (AvgIpc) is 3.95. The molecule has 0 N–H and O–H groups in total. The van der Waals surface area contributed by atoms with Crippen molar-refractivity contribution in [3.63, 3.8) is 0 Å². The third kappa shape index (κ3) is 9.04. The summed E-state index contributed by atoms with van der Waals surface area (Å²) in [6.07, 6.45) is 0.913. The molecule has 0 saturated heterocycles. The van der Waals surface area contributed by atoms with E-state index in [2.05, 4.69) is 216 Å². The predicted octanol–water partition coefficient (Wildman–Crippen LogP) is 17.0. The van der Waals surface area contributed by atoms with Gasteiger partial charge >= 0.3 is 141 Å². The predicted molar refractivity (Wildman–Crippen MR) is 295 cm³/mol. The topological polar surface area (TPSA) is 17.8 Å². The maximum Gasteiger partial charge on any atom is 3.00 e. The zero-order valence-electron chi connectivity index (χ0n) is 40.4. The van der Waals surface area contributed by atoms with Gasteiger partial charge in [-0.2, -0.15) is 11.3 Å². The van der Waals surface area contributed by atoms with Gasteiger partial charge in [0.05, 0.1) is 22.5 Å². The van der Waals surface area contributed by atoms with Gasteiger partial charge in [0, 0.05) is 21.0 Å². The third-order valence-corrected chi connectivity index (χ3v) is 18.5. The minimum absolute atomic E-state index is 0. The first-order valence-electron chi connectivity index (χ1n) is 23.9. The van der Waals surface area contributed by atoms with Crippen molar-refractivity contribution in [3.05, 3.63) is 235 Å². The molecule has 0 saturated carbocycles. The summed E-state index contributed by atoms with van der Waals surface area (Å²) in [4.78, 5) is 5.56. The van der Waals surface area contributed by atoms with Crippen LogP contribution in [-0.2, 0) is 26.5 Å². The Bertz CT molecular complexity index is 3830. The number of nitrogens with zero attached hydrogens (tertiary/aromatic N) is 2. The number of aromatic nitrogens is 2. The van der Waals surface area contributed by atoms with E-state index in [1.165, 1.54) is 63.0 Å². The van der Waals surface area contributed by atoms with Crippen LogP contribution >= 0.6 is 11.3 Å². The standard InChI is InChI=1S/C46H29N2S.C18H22Ge.Ir/c1-3-12-30(13-4-1)28-31-22-25-38-39-20-11-21-40(45(39)49-42(38)29-31)46-47-43-35-18-9-7-16-33(35)24-27-41(43)48(46)44-36-19-10-8-17-34(36)23-26-37(44)32-14-5-2-6-15-32;1-14(2)17-13-16(15-9-7-6-8-10-15)11-12-18(17)19(3,4)5;/h1-20,22-27,29H,28H2;6-9,12-14H,1-5H3;/q-1;-2;+3/i;14D;. The summed E-state index contributed by atoms with van der Waals surface area (Å²) in [5, 5.41) is 7.23. The van der Waals surface area contributed by atoms with E-state index in [1.807, 2.05) is 49.4 Å². The second-order valence-corrected chi connectivity index (χ2v) is 30.5. The zero-order valence-corrected chi connectivity index (χ0v) is 44.7. The second-order valence-electron chi connectivity index (χ2n) is 18.9. The minimum Gasteiger partial charge on any atom is -0.332 e. The van der Waals surface area contributed by atoms with Gasteiger partial charge in [-0.3, -0.25) is 4.98 Å². The fourth-order valence-electron chi connectivity index (χ4n) is 9.69. The van der Waals surface area contributed by atoms with Crippen molar-refractivity contribution in [1.82, 2.24) is 9.55 Å². The van der Waals surface area contributed by atoms with Crippen LogP contribution in [0.15, 0.2) is 200 Å². The molecule has 2 nitrogen and oxygen atoms in total. The largest absolute Gasteiger partial charge is 3.00 e. The maximum atomic E-state index is 8.46. The first-order chi connectivity index (χ1) is 33.5. The number of hydrogen-bond donors (Lipinski definition) is 0. The summed E-state index contributed by atoms with van der Waals surface area (Å²) >= 11 is -0.150. The van der Waals surface area contributed by atoms with Gasteiger partial charge < -0.3 is 4.57 Å². The van der Waals surface area contributed by atoms with Crippen LogP contribution in [-0.4, -0.2) is 22.8 Å². The molecule has 0 atom stereocenters. The summed E-state index contributed by atoms with van der Waals surface area (Å²) in [5.74, 6) is 7.43. The molecule has 5 heteroatoms. The number of hydrogen-bond acceptors (Lipinski definition) is 2. The second kappa shape index (κ2) is 19.5. The van der Waals surface area contributed by atoms with Crippen molar-refractivity contribution in [2.45, 2.75) is 43.4 Å². The van der Waals surface area contributed by atoms with Gasteiger partial charge in [0.25, 0.3) is 0 Å². The first-order valence-corrected chi connectivity index (χ1v) is 31.6. The van der Waals surface area contributed by atoms with Gasteiger partial charge in [-0.1, -0.05) is 150 Å². The van der Waals surface area contributed by atoms with E-state index < -0.39 is 19.2 Å². The Hall–Kier alpha value is -6.40. The molecule has 0 fully saturated rings. The van der Waals surface area contributed by atoms with Crippen molar-refractivity contribution in [2.75, 3.05) is 0 Å². The first kappa shape index (κ1) is 45.1. The molecule has 10 aromatic carbocycles. The fraction of sp³-hybridized carbons (Fsp3) is 0.109. The molecule has 0 unspecified atom stereocenters. The van der Waals surface area contributed by atoms with E-state index >= 15 is 0 Å². The summed E-state index contributed by atoms with van der Waals surface area (Å²) in [6, 6.07) is 81.5. The molecule has 2 aromatic heterocycles.